The molecule has 1 fully saturated rings. The van der Waals surface area contributed by atoms with Crippen molar-refractivity contribution in [2.45, 2.75) is 20.5 Å². The van der Waals surface area contributed by atoms with Crippen LogP contribution < -0.4 is 14.9 Å². The standard InChI is InChI=1S/C27H24N2O4S2/c1-3-32-23-15-19(12-13-22(23)33-17-20-9-7-8-18(2)14-20)16-24-26(31)29(27(34)35-24)28-25(30)21-10-5-4-6-11-21/h4-16H,3,17H2,1-2H3,(H,28,30)/b24-16+. The molecule has 4 rings (SSSR count). The van der Waals surface area contributed by atoms with Gasteiger partial charge < -0.3 is 9.47 Å². The summed E-state index contributed by atoms with van der Waals surface area (Å²) >= 11 is 6.45. The van der Waals surface area contributed by atoms with Gasteiger partial charge in [-0.1, -0.05) is 65.9 Å². The molecule has 2 amide bonds. The van der Waals surface area contributed by atoms with Crippen molar-refractivity contribution in [3.63, 3.8) is 0 Å². The molecule has 0 spiro atoms. The van der Waals surface area contributed by atoms with E-state index in [4.69, 9.17) is 21.7 Å². The Labute approximate surface area is 213 Å². The average molecular weight is 505 g/mol. The van der Waals surface area contributed by atoms with Crippen molar-refractivity contribution in [1.82, 2.24) is 10.4 Å². The third-order valence-corrected chi connectivity index (χ3v) is 6.39. The molecule has 0 saturated carbocycles. The normalized spacial score (nSPS) is 14.3. The maximum Gasteiger partial charge on any atom is 0.285 e. The number of amides is 2. The Bertz CT molecular complexity index is 1290. The van der Waals surface area contributed by atoms with Crippen LogP contribution in [-0.4, -0.2) is 27.8 Å². The molecule has 0 radical (unpaired) electrons. The molecule has 0 aromatic heterocycles. The quantitative estimate of drug-likeness (QED) is 0.322. The Morgan fingerprint density at radius 1 is 1.03 bits per heavy atom. The van der Waals surface area contributed by atoms with Crippen LogP contribution in [0.25, 0.3) is 6.08 Å². The predicted octanol–water partition coefficient (Wildman–Crippen LogP) is 5.52. The van der Waals surface area contributed by atoms with E-state index in [2.05, 4.69) is 11.5 Å². The van der Waals surface area contributed by atoms with Gasteiger partial charge in [0.05, 0.1) is 11.5 Å². The predicted molar refractivity (Wildman–Crippen MR) is 142 cm³/mol. The van der Waals surface area contributed by atoms with Gasteiger partial charge in [0.25, 0.3) is 11.8 Å². The lowest BCUT2D eigenvalue weighted by Gasteiger charge is -2.15. The highest BCUT2D eigenvalue weighted by Gasteiger charge is 2.33. The number of thioether (sulfide) groups is 1. The van der Waals surface area contributed by atoms with Crippen LogP contribution in [0.15, 0.2) is 77.7 Å². The molecular weight excluding hydrogens is 480 g/mol. The molecule has 6 nitrogen and oxygen atoms in total. The number of nitrogens with one attached hydrogen (secondary N) is 1. The van der Waals surface area contributed by atoms with Gasteiger partial charge in [-0.25, -0.2) is 0 Å². The van der Waals surface area contributed by atoms with E-state index >= 15 is 0 Å². The Morgan fingerprint density at radius 3 is 2.57 bits per heavy atom. The minimum absolute atomic E-state index is 0.258. The lowest BCUT2D eigenvalue weighted by Crippen LogP contribution is -2.44. The van der Waals surface area contributed by atoms with Gasteiger partial charge in [0.2, 0.25) is 0 Å². The Hall–Kier alpha value is -3.62. The summed E-state index contributed by atoms with van der Waals surface area (Å²) in [6, 6.07) is 22.3. The lowest BCUT2D eigenvalue weighted by atomic mass is 10.1. The number of carbonyl (C=O) groups is 2. The van der Waals surface area contributed by atoms with Gasteiger partial charge in [0.1, 0.15) is 6.61 Å². The molecule has 3 aromatic rings. The summed E-state index contributed by atoms with van der Waals surface area (Å²) in [4.78, 5) is 25.8. The first-order chi connectivity index (χ1) is 16.9. The molecule has 0 unspecified atom stereocenters. The summed E-state index contributed by atoms with van der Waals surface area (Å²) in [5.74, 6) is 0.411. The molecule has 1 heterocycles. The molecule has 8 heteroatoms. The number of hydrogen-bond donors (Lipinski definition) is 1. The number of carbonyl (C=O) groups excluding carboxylic acids is 2. The Morgan fingerprint density at radius 2 is 1.83 bits per heavy atom. The highest BCUT2D eigenvalue weighted by Crippen LogP contribution is 2.34. The average Bonchev–Trinajstić information content (AvgIpc) is 3.11. The van der Waals surface area contributed by atoms with E-state index in [1.54, 1.807) is 30.3 Å². The Balaban J connectivity index is 1.49. The zero-order chi connectivity index (χ0) is 24.8. The van der Waals surface area contributed by atoms with Crippen molar-refractivity contribution in [2.24, 2.45) is 0 Å². The number of ether oxygens (including phenoxy) is 2. The van der Waals surface area contributed by atoms with Gasteiger partial charge in [0, 0.05) is 5.56 Å². The minimum atomic E-state index is -0.406. The number of hydrogen-bond acceptors (Lipinski definition) is 6. The van der Waals surface area contributed by atoms with Crippen LogP contribution in [0.3, 0.4) is 0 Å². The third kappa shape index (κ3) is 6.09. The fraction of sp³-hybridized carbons (Fsp3) is 0.148. The molecule has 1 aliphatic heterocycles. The van der Waals surface area contributed by atoms with E-state index in [1.165, 1.54) is 5.56 Å². The van der Waals surface area contributed by atoms with Crippen LogP contribution >= 0.6 is 24.0 Å². The minimum Gasteiger partial charge on any atom is -0.490 e. The van der Waals surface area contributed by atoms with Crippen LogP contribution in [0.4, 0.5) is 0 Å². The molecule has 0 atom stereocenters. The van der Waals surface area contributed by atoms with Crippen molar-refractivity contribution >= 4 is 46.2 Å². The van der Waals surface area contributed by atoms with Gasteiger partial charge >= 0.3 is 0 Å². The molecule has 0 aliphatic carbocycles. The van der Waals surface area contributed by atoms with Crippen molar-refractivity contribution in [1.29, 1.82) is 0 Å². The van der Waals surface area contributed by atoms with Crippen molar-refractivity contribution < 1.29 is 19.1 Å². The number of nitrogens with zero attached hydrogens (tertiary/aromatic N) is 1. The lowest BCUT2D eigenvalue weighted by molar-refractivity contribution is -0.123. The first-order valence-corrected chi connectivity index (χ1v) is 12.3. The van der Waals surface area contributed by atoms with E-state index in [0.717, 1.165) is 27.9 Å². The van der Waals surface area contributed by atoms with Crippen LogP contribution in [-0.2, 0) is 11.4 Å². The first-order valence-electron chi connectivity index (χ1n) is 11.0. The van der Waals surface area contributed by atoms with E-state index < -0.39 is 5.91 Å². The van der Waals surface area contributed by atoms with Gasteiger partial charge in [-0.15, -0.1) is 0 Å². The summed E-state index contributed by atoms with van der Waals surface area (Å²) in [7, 11) is 0. The topological polar surface area (TPSA) is 67.9 Å². The van der Waals surface area contributed by atoms with E-state index in [0.29, 0.717) is 35.2 Å². The molecular formula is C27H24N2O4S2. The molecule has 178 valence electrons. The molecule has 0 bridgehead atoms. The Kier molecular flexibility index (Phi) is 7.84. The SMILES string of the molecule is CCOc1cc(/C=C2/SC(=S)N(NC(=O)c3ccccc3)C2=O)ccc1OCc1cccc(C)c1. The van der Waals surface area contributed by atoms with Crippen molar-refractivity contribution in [2.75, 3.05) is 6.61 Å². The van der Waals surface area contributed by atoms with Crippen LogP contribution in [0.1, 0.15) is 34.0 Å². The largest absolute Gasteiger partial charge is 0.490 e. The second-order valence-electron chi connectivity index (χ2n) is 7.74. The number of hydrazine groups is 1. The van der Waals surface area contributed by atoms with Gasteiger partial charge in [-0.2, -0.15) is 5.01 Å². The van der Waals surface area contributed by atoms with E-state index in [1.807, 2.05) is 56.3 Å². The number of rotatable bonds is 8. The smallest absolute Gasteiger partial charge is 0.285 e. The van der Waals surface area contributed by atoms with Gasteiger partial charge in [-0.3, -0.25) is 15.0 Å². The summed E-state index contributed by atoms with van der Waals surface area (Å²) in [5.41, 5.74) is 6.02. The van der Waals surface area contributed by atoms with Crippen LogP contribution in [0.5, 0.6) is 11.5 Å². The van der Waals surface area contributed by atoms with Gasteiger partial charge in [-0.05, 0) is 67.5 Å². The first kappa shape index (κ1) is 24.5. The maximum atomic E-state index is 12.9. The zero-order valence-corrected chi connectivity index (χ0v) is 20.9. The molecule has 3 aromatic carbocycles. The van der Waals surface area contributed by atoms with E-state index in [-0.39, 0.29) is 10.2 Å². The molecule has 1 N–H and O–H groups in total. The van der Waals surface area contributed by atoms with Gasteiger partial charge in [0.15, 0.2) is 15.8 Å². The number of aryl methyl sites for hydroxylation is 1. The summed E-state index contributed by atoms with van der Waals surface area (Å²) in [6.07, 6.45) is 1.72. The van der Waals surface area contributed by atoms with Crippen molar-refractivity contribution in [3.8, 4) is 11.5 Å². The fourth-order valence-electron chi connectivity index (χ4n) is 3.44. The second-order valence-corrected chi connectivity index (χ2v) is 9.42. The summed E-state index contributed by atoms with van der Waals surface area (Å²) in [5, 5.41) is 1.10. The summed E-state index contributed by atoms with van der Waals surface area (Å²) in [6.45, 7) is 4.83. The molecule has 35 heavy (non-hydrogen) atoms. The fourth-order valence-corrected chi connectivity index (χ4v) is 4.62. The number of thiocarbonyl (C=S) groups is 1. The molecule has 1 saturated heterocycles. The maximum absolute atomic E-state index is 12.9. The van der Waals surface area contributed by atoms with Crippen LogP contribution in [0.2, 0.25) is 0 Å². The monoisotopic (exact) mass is 504 g/mol. The third-order valence-electron chi connectivity index (χ3n) is 5.09. The highest BCUT2D eigenvalue weighted by atomic mass is 32.2. The molecule has 1 aliphatic rings. The second kappa shape index (κ2) is 11.2. The summed E-state index contributed by atoms with van der Waals surface area (Å²) < 4.78 is 12.0. The zero-order valence-electron chi connectivity index (χ0n) is 19.3. The number of benzene rings is 3. The highest BCUT2D eigenvalue weighted by molar-refractivity contribution is 8.26. The van der Waals surface area contributed by atoms with Crippen molar-refractivity contribution in [3.05, 3.63) is 100.0 Å². The van der Waals surface area contributed by atoms with Crippen LogP contribution in [0, 0.1) is 6.92 Å². The van der Waals surface area contributed by atoms with E-state index in [9.17, 15) is 9.59 Å².